The van der Waals surface area contributed by atoms with Gasteiger partial charge in [-0.25, -0.2) is 0 Å². The van der Waals surface area contributed by atoms with E-state index in [1.165, 1.54) is 0 Å². The van der Waals surface area contributed by atoms with Gasteiger partial charge in [0.15, 0.2) is 0 Å². The molecule has 1 saturated heterocycles. The van der Waals surface area contributed by atoms with Crippen LogP contribution in [0, 0.1) is 5.41 Å². The van der Waals surface area contributed by atoms with Crippen LogP contribution in [0.1, 0.15) is 47.0 Å². The van der Waals surface area contributed by atoms with E-state index in [1.54, 1.807) is 0 Å². The molecule has 1 rings (SSSR count). The van der Waals surface area contributed by atoms with Gasteiger partial charge in [0, 0.05) is 31.3 Å². The van der Waals surface area contributed by atoms with E-state index < -0.39 is 0 Å². The average Bonchev–Trinajstić information content (AvgIpc) is 2.28. The van der Waals surface area contributed by atoms with E-state index in [1.807, 2.05) is 0 Å². The van der Waals surface area contributed by atoms with Gasteiger partial charge in [0.25, 0.3) is 0 Å². The molecule has 0 spiro atoms. The monoisotopic (exact) mass is 242 g/mol. The molecule has 0 saturated carbocycles. The van der Waals surface area contributed by atoms with E-state index in [-0.39, 0.29) is 11.5 Å². The molecule has 2 atom stereocenters. The lowest BCUT2D eigenvalue weighted by atomic mass is 9.79. The highest BCUT2D eigenvalue weighted by Crippen LogP contribution is 2.30. The van der Waals surface area contributed by atoms with Crippen LogP contribution < -0.4 is 5.73 Å². The third-order valence-corrected chi connectivity index (χ3v) is 3.97. The van der Waals surface area contributed by atoms with Gasteiger partial charge in [-0.3, -0.25) is 4.90 Å². The minimum absolute atomic E-state index is 0.225. The van der Waals surface area contributed by atoms with Gasteiger partial charge in [-0.15, -0.1) is 0 Å². The molecule has 3 heteroatoms. The van der Waals surface area contributed by atoms with E-state index in [0.717, 1.165) is 32.5 Å². The van der Waals surface area contributed by atoms with Crippen molar-refractivity contribution in [1.29, 1.82) is 0 Å². The molecule has 0 amide bonds. The number of nitrogens with zero attached hydrogens (tertiary/aromatic N) is 1. The Kier molecular flexibility index (Phi) is 5.42. The number of likely N-dealkylation sites (N-methyl/N-ethyl adjacent to an activating group) is 1. The number of rotatable bonds is 4. The molecule has 0 radical (unpaired) electrons. The van der Waals surface area contributed by atoms with Crippen molar-refractivity contribution < 1.29 is 4.74 Å². The zero-order valence-electron chi connectivity index (χ0n) is 12.2. The minimum atomic E-state index is 0.225. The van der Waals surface area contributed by atoms with Crippen LogP contribution >= 0.6 is 0 Å². The largest absolute Gasteiger partial charge is 0.381 e. The summed E-state index contributed by atoms with van der Waals surface area (Å²) in [5.41, 5.74) is 6.56. The summed E-state index contributed by atoms with van der Waals surface area (Å²) in [5, 5.41) is 0. The fourth-order valence-electron chi connectivity index (χ4n) is 3.10. The zero-order valence-corrected chi connectivity index (χ0v) is 12.2. The van der Waals surface area contributed by atoms with Crippen LogP contribution in [0.4, 0.5) is 0 Å². The number of ether oxygens (including phenoxy) is 1. The van der Waals surface area contributed by atoms with Crippen molar-refractivity contribution in [2.24, 2.45) is 11.1 Å². The maximum atomic E-state index is 6.34. The van der Waals surface area contributed by atoms with Gasteiger partial charge in [0.2, 0.25) is 0 Å². The van der Waals surface area contributed by atoms with Crippen molar-refractivity contribution in [1.82, 2.24) is 4.90 Å². The van der Waals surface area contributed by atoms with Crippen molar-refractivity contribution >= 4 is 0 Å². The third kappa shape index (κ3) is 3.94. The first kappa shape index (κ1) is 14.9. The van der Waals surface area contributed by atoms with E-state index in [2.05, 4.69) is 39.6 Å². The quantitative estimate of drug-likeness (QED) is 0.822. The van der Waals surface area contributed by atoms with Crippen LogP contribution in [0.3, 0.4) is 0 Å². The van der Waals surface area contributed by atoms with Crippen LogP contribution in [0.15, 0.2) is 0 Å². The summed E-state index contributed by atoms with van der Waals surface area (Å²) in [4.78, 5) is 2.51. The lowest BCUT2D eigenvalue weighted by Crippen LogP contribution is -2.57. The van der Waals surface area contributed by atoms with E-state index >= 15 is 0 Å². The Morgan fingerprint density at radius 3 is 2.24 bits per heavy atom. The molecule has 2 unspecified atom stereocenters. The first-order chi connectivity index (χ1) is 7.88. The second-order valence-electron chi connectivity index (χ2n) is 6.39. The summed E-state index contributed by atoms with van der Waals surface area (Å²) < 4.78 is 5.44. The Balaban J connectivity index is 2.74. The molecule has 3 nitrogen and oxygen atoms in total. The smallest absolute Gasteiger partial charge is 0.0480 e. The van der Waals surface area contributed by atoms with Crippen molar-refractivity contribution in [3.8, 4) is 0 Å². The lowest BCUT2D eigenvalue weighted by molar-refractivity contribution is -0.00251. The zero-order chi connectivity index (χ0) is 13.1. The first-order valence-electron chi connectivity index (χ1n) is 6.93. The highest BCUT2D eigenvalue weighted by Gasteiger charge is 2.36. The molecule has 1 heterocycles. The summed E-state index contributed by atoms with van der Waals surface area (Å²) >= 11 is 0. The van der Waals surface area contributed by atoms with Gasteiger partial charge < -0.3 is 10.5 Å². The fraction of sp³-hybridized carbons (Fsp3) is 1.00. The Labute approximate surface area is 107 Å². The highest BCUT2D eigenvalue weighted by atomic mass is 16.5. The van der Waals surface area contributed by atoms with Gasteiger partial charge in [0.05, 0.1) is 0 Å². The normalized spacial score (nSPS) is 22.8. The molecule has 0 aromatic carbocycles. The van der Waals surface area contributed by atoms with Crippen LogP contribution in [0.5, 0.6) is 0 Å². The Hall–Kier alpha value is -0.120. The number of hydrogen-bond acceptors (Lipinski definition) is 3. The Morgan fingerprint density at radius 1 is 1.29 bits per heavy atom. The second kappa shape index (κ2) is 6.17. The molecule has 0 aliphatic carbocycles. The molecule has 17 heavy (non-hydrogen) atoms. The van der Waals surface area contributed by atoms with Crippen LogP contribution in [-0.2, 0) is 4.74 Å². The van der Waals surface area contributed by atoms with Crippen molar-refractivity contribution in [2.75, 3.05) is 20.3 Å². The SMILES string of the molecule is CCC(N)C(N(C)C1CCOCC1)C(C)(C)C. The van der Waals surface area contributed by atoms with Crippen LogP contribution in [0.2, 0.25) is 0 Å². The fourth-order valence-corrected chi connectivity index (χ4v) is 3.10. The molecule has 2 N–H and O–H groups in total. The van der Waals surface area contributed by atoms with Gasteiger partial charge in [-0.05, 0) is 31.7 Å². The lowest BCUT2D eigenvalue weighted by Gasteiger charge is -2.46. The van der Waals surface area contributed by atoms with Crippen LogP contribution in [0.25, 0.3) is 0 Å². The summed E-state index contributed by atoms with van der Waals surface area (Å²) in [5.74, 6) is 0. The summed E-state index contributed by atoms with van der Waals surface area (Å²) in [6.45, 7) is 10.9. The Bertz CT molecular complexity index is 219. The summed E-state index contributed by atoms with van der Waals surface area (Å²) in [6, 6.07) is 1.32. The van der Waals surface area contributed by atoms with Crippen molar-refractivity contribution in [3.05, 3.63) is 0 Å². The molecule has 102 valence electrons. The predicted molar refractivity (Wildman–Crippen MR) is 73.1 cm³/mol. The van der Waals surface area contributed by atoms with Gasteiger partial charge >= 0.3 is 0 Å². The van der Waals surface area contributed by atoms with Crippen molar-refractivity contribution in [3.63, 3.8) is 0 Å². The average molecular weight is 242 g/mol. The second-order valence-corrected chi connectivity index (χ2v) is 6.39. The predicted octanol–water partition coefficient (Wildman–Crippen LogP) is 2.25. The highest BCUT2D eigenvalue weighted by molar-refractivity contribution is 4.92. The number of nitrogens with two attached hydrogens (primary N) is 1. The van der Waals surface area contributed by atoms with E-state index in [0.29, 0.717) is 12.1 Å². The molecular weight excluding hydrogens is 212 g/mol. The van der Waals surface area contributed by atoms with Gasteiger partial charge in [-0.1, -0.05) is 27.7 Å². The molecule has 1 fully saturated rings. The maximum Gasteiger partial charge on any atom is 0.0480 e. The molecular formula is C14H30N2O. The first-order valence-corrected chi connectivity index (χ1v) is 6.93. The minimum Gasteiger partial charge on any atom is -0.381 e. The number of hydrogen-bond donors (Lipinski definition) is 1. The molecule has 1 aliphatic heterocycles. The summed E-state index contributed by atoms with van der Waals surface area (Å²) in [7, 11) is 2.24. The van der Waals surface area contributed by atoms with Crippen molar-refractivity contribution in [2.45, 2.75) is 65.1 Å². The van der Waals surface area contributed by atoms with Gasteiger partial charge in [0.1, 0.15) is 0 Å². The topological polar surface area (TPSA) is 38.5 Å². The molecule has 0 aromatic rings. The molecule has 1 aliphatic rings. The summed E-state index contributed by atoms with van der Waals surface area (Å²) in [6.07, 6.45) is 3.31. The standard InChI is InChI=1S/C14H30N2O/c1-6-12(15)13(14(2,3)4)16(5)11-7-9-17-10-8-11/h11-13H,6-10,15H2,1-5H3. The van der Waals surface area contributed by atoms with E-state index in [4.69, 9.17) is 10.5 Å². The third-order valence-electron chi connectivity index (χ3n) is 3.97. The molecule has 0 bridgehead atoms. The Morgan fingerprint density at radius 2 is 1.82 bits per heavy atom. The molecule has 0 aromatic heterocycles. The van der Waals surface area contributed by atoms with E-state index in [9.17, 15) is 0 Å². The maximum absolute atomic E-state index is 6.34. The van der Waals surface area contributed by atoms with Gasteiger partial charge in [-0.2, -0.15) is 0 Å². The van der Waals surface area contributed by atoms with Crippen LogP contribution in [-0.4, -0.2) is 43.3 Å².